The van der Waals surface area contributed by atoms with Crippen LogP contribution < -0.4 is 4.90 Å². The lowest BCUT2D eigenvalue weighted by Crippen LogP contribution is -2.41. The molecule has 1 aliphatic heterocycles. The van der Waals surface area contributed by atoms with Crippen molar-refractivity contribution in [2.24, 2.45) is 5.10 Å². The standard InChI is InChI=1S/C11H11Cl2N3O/c1-7-5-8(12)3-4-9(7)16-10(6-17)15(2)14-11(16)13/h3-6,10H,1-2H3. The summed E-state index contributed by atoms with van der Waals surface area (Å²) in [6.45, 7) is 1.91. The van der Waals surface area contributed by atoms with Gasteiger partial charge in [-0.15, -0.1) is 5.10 Å². The van der Waals surface area contributed by atoms with Gasteiger partial charge in [-0.1, -0.05) is 11.6 Å². The van der Waals surface area contributed by atoms with Crippen molar-refractivity contribution in [3.63, 3.8) is 0 Å². The Balaban J connectivity index is 2.45. The Hall–Kier alpha value is -1.26. The number of halogens is 2. The summed E-state index contributed by atoms with van der Waals surface area (Å²) in [6.07, 6.45) is 0.287. The number of hydrazone groups is 1. The Bertz CT molecular complexity index is 490. The molecule has 0 aliphatic carbocycles. The summed E-state index contributed by atoms with van der Waals surface area (Å²) in [7, 11) is 1.70. The quantitative estimate of drug-likeness (QED) is 0.612. The van der Waals surface area contributed by atoms with Crippen LogP contribution in [-0.2, 0) is 4.79 Å². The van der Waals surface area contributed by atoms with Crippen molar-refractivity contribution < 1.29 is 4.79 Å². The lowest BCUT2D eigenvalue weighted by atomic mass is 10.2. The first-order chi connectivity index (χ1) is 8.04. The Morgan fingerprint density at radius 2 is 2.12 bits per heavy atom. The predicted molar refractivity (Wildman–Crippen MR) is 69.6 cm³/mol. The van der Waals surface area contributed by atoms with Crippen molar-refractivity contribution in [3.8, 4) is 0 Å². The Labute approximate surface area is 109 Å². The van der Waals surface area contributed by atoms with E-state index < -0.39 is 6.17 Å². The van der Waals surface area contributed by atoms with Gasteiger partial charge in [0.05, 0.1) is 0 Å². The van der Waals surface area contributed by atoms with E-state index in [1.807, 2.05) is 19.1 Å². The number of benzene rings is 1. The van der Waals surface area contributed by atoms with Gasteiger partial charge < -0.3 is 0 Å². The van der Waals surface area contributed by atoms with Gasteiger partial charge in [-0.05, 0) is 42.3 Å². The highest BCUT2D eigenvalue weighted by Crippen LogP contribution is 2.29. The van der Waals surface area contributed by atoms with Gasteiger partial charge in [-0.25, -0.2) is 0 Å². The predicted octanol–water partition coefficient (Wildman–Crippen LogP) is 2.44. The summed E-state index contributed by atoms with van der Waals surface area (Å²) >= 11 is 11.9. The number of amidine groups is 1. The second kappa shape index (κ2) is 4.55. The summed E-state index contributed by atoms with van der Waals surface area (Å²) in [6, 6.07) is 5.40. The first kappa shape index (κ1) is 12.2. The average molecular weight is 272 g/mol. The van der Waals surface area contributed by atoms with Crippen molar-refractivity contribution in [3.05, 3.63) is 28.8 Å². The third-order valence-corrected chi connectivity index (χ3v) is 3.12. The van der Waals surface area contributed by atoms with Crippen LogP contribution in [0.25, 0.3) is 0 Å². The van der Waals surface area contributed by atoms with Gasteiger partial charge in [0.25, 0.3) is 0 Å². The second-order valence-corrected chi connectivity index (χ2v) is 4.57. The minimum absolute atomic E-state index is 0.273. The van der Waals surface area contributed by atoms with E-state index in [1.165, 1.54) is 5.01 Å². The molecule has 17 heavy (non-hydrogen) atoms. The van der Waals surface area contributed by atoms with Gasteiger partial charge in [0.1, 0.15) is 0 Å². The first-order valence-corrected chi connectivity index (χ1v) is 5.78. The summed E-state index contributed by atoms with van der Waals surface area (Å²) in [5, 5.41) is 6.48. The van der Waals surface area contributed by atoms with Crippen molar-refractivity contribution in [2.45, 2.75) is 13.1 Å². The molecular weight excluding hydrogens is 261 g/mol. The van der Waals surface area contributed by atoms with Crippen LogP contribution in [0.3, 0.4) is 0 Å². The third kappa shape index (κ3) is 2.10. The number of hydrogen-bond acceptors (Lipinski definition) is 4. The minimum Gasteiger partial charge on any atom is -0.299 e. The normalized spacial score (nSPS) is 19.5. The summed E-state index contributed by atoms with van der Waals surface area (Å²) in [5.74, 6) is 0. The molecule has 1 heterocycles. The molecule has 0 bridgehead atoms. The zero-order chi connectivity index (χ0) is 12.6. The number of rotatable bonds is 2. The van der Waals surface area contributed by atoms with Crippen molar-refractivity contribution >= 4 is 40.5 Å². The fraction of sp³-hybridized carbons (Fsp3) is 0.273. The maximum absolute atomic E-state index is 11.1. The van der Waals surface area contributed by atoms with Crippen molar-refractivity contribution in [1.29, 1.82) is 0 Å². The van der Waals surface area contributed by atoms with E-state index in [0.29, 0.717) is 5.02 Å². The van der Waals surface area contributed by atoms with Crippen LogP contribution in [-0.4, -0.2) is 29.8 Å². The van der Waals surface area contributed by atoms with Crippen LogP contribution in [0.2, 0.25) is 5.02 Å². The number of hydrogen-bond donors (Lipinski definition) is 0. The maximum Gasteiger partial charge on any atom is 0.223 e. The molecule has 1 aromatic rings. The zero-order valence-corrected chi connectivity index (χ0v) is 10.9. The van der Waals surface area contributed by atoms with Crippen LogP contribution in [0.5, 0.6) is 0 Å². The molecule has 0 spiro atoms. The molecule has 1 unspecified atom stereocenters. The van der Waals surface area contributed by atoms with Crippen LogP contribution in [0, 0.1) is 6.92 Å². The van der Waals surface area contributed by atoms with E-state index >= 15 is 0 Å². The highest BCUT2D eigenvalue weighted by atomic mass is 35.5. The van der Waals surface area contributed by atoms with E-state index in [2.05, 4.69) is 5.10 Å². The SMILES string of the molecule is Cc1cc(Cl)ccc1N1C(Cl)=NN(C)C1C=O. The summed E-state index contributed by atoms with van der Waals surface area (Å²) in [4.78, 5) is 12.8. The number of likely N-dealkylation sites (N-methyl/N-ethyl adjacent to an activating group) is 1. The van der Waals surface area contributed by atoms with Gasteiger partial charge in [0, 0.05) is 17.8 Å². The fourth-order valence-corrected chi connectivity index (χ4v) is 2.33. The number of nitrogens with zero attached hydrogens (tertiary/aromatic N) is 3. The topological polar surface area (TPSA) is 35.9 Å². The molecule has 0 N–H and O–H groups in total. The Morgan fingerprint density at radius 3 is 2.71 bits per heavy atom. The summed E-state index contributed by atoms with van der Waals surface area (Å²) < 4.78 is 0. The van der Waals surface area contributed by atoms with Crippen molar-refractivity contribution in [2.75, 3.05) is 11.9 Å². The number of carbonyl (C=O) groups is 1. The zero-order valence-electron chi connectivity index (χ0n) is 9.39. The monoisotopic (exact) mass is 271 g/mol. The largest absolute Gasteiger partial charge is 0.299 e. The molecule has 1 aliphatic rings. The maximum atomic E-state index is 11.1. The molecule has 0 fully saturated rings. The molecule has 0 saturated heterocycles. The minimum atomic E-state index is -0.512. The first-order valence-electron chi connectivity index (χ1n) is 5.02. The molecule has 1 atom stereocenters. The van der Waals surface area contributed by atoms with E-state index in [-0.39, 0.29) is 5.29 Å². The molecule has 1 aromatic carbocycles. The molecule has 0 saturated carbocycles. The molecule has 0 amide bonds. The molecular formula is C11H11Cl2N3O. The van der Waals surface area contributed by atoms with E-state index in [9.17, 15) is 4.79 Å². The fourth-order valence-electron chi connectivity index (χ4n) is 1.79. The second-order valence-electron chi connectivity index (χ2n) is 3.79. The van der Waals surface area contributed by atoms with Crippen LogP contribution in [0.15, 0.2) is 23.3 Å². The number of anilines is 1. The van der Waals surface area contributed by atoms with Gasteiger partial charge in [0.2, 0.25) is 5.29 Å². The highest BCUT2D eigenvalue weighted by Gasteiger charge is 2.32. The molecule has 90 valence electrons. The van der Waals surface area contributed by atoms with Gasteiger partial charge in [-0.3, -0.25) is 14.7 Å². The van der Waals surface area contributed by atoms with E-state index in [0.717, 1.165) is 17.5 Å². The number of aryl methyl sites for hydroxylation is 1. The van der Waals surface area contributed by atoms with Crippen LogP contribution >= 0.6 is 23.2 Å². The number of carbonyl (C=O) groups excluding carboxylic acids is 1. The van der Waals surface area contributed by atoms with E-state index in [1.54, 1.807) is 18.0 Å². The summed E-state index contributed by atoms with van der Waals surface area (Å²) in [5.41, 5.74) is 1.76. The number of aldehydes is 1. The van der Waals surface area contributed by atoms with Crippen LogP contribution in [0.4, 0.5) is 5.69 Å². The van der Waals surface area contributed by atoms with Crippen molar-refractivity contribution in [1.82, 2.24) is 5.01 Å². The third-order valence-electron chi connectivity index (χ3n) is 2.63. The van der Waals surface area contributed by atoms with Gasteiger partial charge >= 0.3 is 0 Å². The lowest BCUT2D eigenvalue weighted by molar-refractivity contribution is -0.111. The lowest BCUT2D eigenvalue weighted by Gasteiger charge is -2.25. The smallest absolute Gasteiger partial charge is 0.223 e. The van der Waals surface area contributed by atoms with Crippen LogP contribution in [0.1, 0.15) is 5.56 Å². The van der Waals surface area contributed by atoms with E-state index in [4.69, 9.17) is 23.2 Å². The Morgan fingerprint density at radius 1 is 1.41 bits per heavy atom. The van der Waals surface area contributed by atoms with Gasteiger partial charge in [-0.2, -0.15) is 0 Å². The average Bonchev–Trinajstić information content (AvgIpc) is 2.53. The molecule has 0 aromatic heterocycles. The molecule has 4 nitrogen and oxygen atoms in total. The van der Waals surface area contributed by atoms with Gasteiger partial charge in [0.15, 0.2) is 12.5 Å². The molecule has 2 rings (SSSR count). The molecule has 6 heteroatoms. The molecule has 0 radical (unpaired) electrons. The highest BCUT2D eigenvalue weighted by molar-refractivity contribution is 6.68. The Kier molecular flexibility index (Phi) is 3.26.